The highest BCUT2D eigenvalue weighted by atomic mass is 16.4. The number of carbonyl (C=O) groups excluding carboxylic acids is 1. The van der Waals surface area contributed by atoms with Gasteiger partial charge in [0.1, 0.15) is 0 Å². The molecule has 0 saturated heterocycles. The monoisotopic (exact) mass is 277 g/mol. The van der Waals surface area contributed by atoms with E-state index >= 15 is 0 Å². The van der Waals surface area contributed by atoms with Crippen molar-refractivity contribution in [2.24, 2.45) is 11.8 Å². The first-order chi connectivity index (χ1) is 9.68. The van der Waals surface area contributed by atoms with E-state index in [0.29, 0.717) is 19.4 Å². The molecule has 6 heteroatoms. The fourth-order valence-electron chi connectivity index (χ4n) is 2.40. The van der Waals surface area contributed by atoms with Gasteiger partial charge in [0.2, 0.25) is 5.91 Å². The van der Waals surface area contributed by atoms with Crippen molar-refractivity contribution in [3.05, 3.63) is 30.9 Å². The number of carboxylic acids is 1. The van der Waals surface area contributed by atoms with Crippen molar-refractivity contribution in [2.45, 2.75) is 25.8 Å². The van der Waals surface area contributed by atoms with Crippen LogP contribution in [0.5, 0.6) is 0 Å². The van der Waals surface area contributed by atoms with E-state index in [2.05, 4.69) is 10.3 Å². The van der Waals surface area contributed by atoms with Crippen LogP contribution in [-0.2, 0) is 16.1 Å². The summed E-state index contributed by atoms with van der Waals surface area (Å²) >= 11 is 0. The first kappa shape index (κ1) is 14.3. The minimum atomic E-state index is -0.895. The zero-order valence-electron chi connectivity index (χ0n) is 11.2. The Balaban J connectivity index is 1.76. The summed E-state index contributed by atoms with van der Waals surface area (Å²) in [6, 6.07) is 0. The van der Waals surface area contributed by atoms with Gasteiger partial charge in [0.05, 0.1) is 18.2 Å². The average molecular weight is 277 g/mol. The Labute approximate surface area is 117 Å². The standard InChI is InChI=1S/C14H19N3O3/c18-13(11-4-1-2-5-12(11)14(19)20)16-6-3-8-17-9-7-15-10-17/h1-2,7,9-12H,3-6,8H2,(H,16,18)(H,19,20)/t11-,12-/m0/s1. The van der Waals surface area contributed by atoms with Crippen molar-refractivity contribution >= 4 is 11.9 Å². The van der Waals surface area contributed by atoms with Crippen molar-refractivity contribution in [1.82, 2.24) is 14.9 Å². The lowest BCUT2D eigenvalue weighted by atomic mass is 9.82. The highest BCUT2D eigenvalue weighted by molar-refractivity contribution is 5.85. The summed E-state index contributed by atoms with van der Waals surface area (Å²) in [7, 11) is 0. The maximum atomic E-state index is 12.0. The number of aryl methyl sites for hydroxylation is 1. The zero-order chi connectivity index (χ0) is 14.4. The highest BCUT2D eigenvalue weighted by Crippen LogP contribution is 2.25. The number of aliphatic carboxylic acids is 1. The predicted octanol–water partition coefficient (Wildman–Crippen LogP) is 1.06. The molecule has 2 rings (SSSR count). The number of carboxylic acid groups (broad SMARTS) is 1. The Morgan fingerprint density at radius 2 is 2.05 bits per heavy atom. The van der Waals surface area contributed by atoms with E-state index in [0.717, 1.165) is 13.0 Å². The number of carbonyl (C=O) groups is 2. The van der Waals surface area contributed by atoms with E-state index in [1.165, 1.54) is 0 Å². The summed E-state index contributed by atoms with van der Waals surface area (Å²) in [5.74, 6) is -2.11. The molecule has 20 heavy (non-hydrogen) atoms. The molecule has 1 amide bonds. The van der Waals surface area contributed by atoms with Crippen LogP contribution < -0.4 is 5.32 Å². The van der Waals surface area contributed by atoms with E-state index in [-0.39, 0.29) is 5.91 Å². The Bertz CT molecular complexity index is 482. The molecule has 1 aliphatic rings. The van der Waals surface area contributed by atoms with Gasteiger partial charge in [-0.05, 0) is 19.3 Å². The quantitative estimate of drug-likeness (QED) is 0.601. The van der Waals surface area contributed by atoms with Crippen molar-refractivity contribution < 1.29 is 14.7 Å². The molecule has 0 saturated carbocycles. The number of nitrogens with one attached hydrogen (secondary N) is 1. The number of hydrogen-bond acceptors (Lipinski definition) is 3. The van der Waals surface area contributed by atoms with Crippen molar-refractivity contribution in [1.29, 1.82) is 0 Å². The second-order valence-electron chi connectivity index (χ2n) is 4.94. The molecule has 0 spiro atoms. The predicted molar refractivity (Wildman–Crippen MR) is 72.8 cm³/mol. The molecule has 2 N–H and O–H groups in total. The summed E-state index contributed by atoms with van der Waals surface area (Å²) in [5, 5.41) is 12.0. The summed E-state index contributed by atoms with van der Waals surface area (Å²) in [5.41, 5.74) is 0. The van der Waals surface area contributed by atoms with Crippen molar-refractivity contribution in [3.63, 3.8) is 0 Å². The van der Waals surface area contributed by atoms with Gasteiger partial charge in [0.25, 0.3) is 0 Å². The third-order valence-corrected chi connectivity index (χ3v) is 3.54. The van der Waals surface area contributed by atoms with Crippen LogP contribution >= 0.6 is 0 Å². The molecule has 0 aliphatic heterocycles. The zero-order valence-corrected chi connectivity index (χ0v) is 11.2. The molecule has 6 nitrogen and oxygen atoms in total. The van der Waals surface area contributed by atoms with Gasteiger partial charge in [-0.1, -0.05) is 12.2 Å². The summed E-state index contributed by atoms with van der Waals surface area (Å²) in [6.45, 7) is 1.33. The molecule has 1 aliphatic carbocycles. The maximum absolute atomic E-state index is 12.0. The summed E-state index contributed by atoms with van der Waals surface area (Å²) < 4.78 is 1.94. The molecule has 1 heterocycles. The van der Waals surface area contributed by atoms with Crippen LogP contribution in [0.25, 0.3) is 0 Å². The van der Waals surface area contributed by atoms with Gasteiger partial charge in [0, 0.05) is 25.5 Å². The van der Waals surface area contributed by atoms with E-state index in [1.807, 2.05) is 22.9 Å². The third-order valence-electron chi connectivity index (χ3n) is 3.54. The fourth-order valence-corrected chi connectivity index (χ4v) is 2.40. The van der Waals surface area contributed by atoms with Crippen molar-refractivity contribution in [2.75, 3.05) is 6.54 Å². The van der Waals surface area contributed by atoms with Gasteiger partial charge < -0.3 is 15.0 Å². The van der Waals surface area contributed by atoms with Gasteiger partial charge >= 0.3 is 5.97 Å². The van der Waals surface area contributed by atoms with Crippen LogP contribution in [0.4, 0.5) is 0 Å². The van der Waals surface area contributed by atoms with E-state index in [1.54, 1.807) is 12.5 Å². The lowest BCUT2D eigenvalue weighted by Crippen LogP contribution is -2.39. The molecule has 0 radical (unpaired) electrons. The minimum Gasteiger partial charge on any atom is -0.481 e. The Morgan fingerprint density at radius 3 is 2.70 bits per heavy atom. The third kappa shape index (κ3) is 3.69. The maximum Gasteiger partial charge on any atom is 0.307 e. The van der Waals surface area contributed by atoms with Crippen LogP contribution in [0.2, 0.25) is 0 Å². The van der Waals surface area contributed by atoms with Crippen LogP contribution in [0.15, 0.2) is 30.9 Å². The molecule has 1 aromatic rings. The number of rotatable bonds is 6. The number of hydrogen-bond donors (Lipinski definition) is 2. The Morgan fingerprint density at radius 1 is 1.30 bits per heavy atom. The topological polar surface area (TPSA) is 84.2 Å². The molecular formula is C14H19N3O3. The largest absolute Gasteiger partial charge is 0.481 e. The number of aromatic nitrogens is 2. The SMILES string of the molecule is O=C(O)[C@H]1CC=CC[C@@H]1C(=O)NCCCn1ccnc1. The Hall–Kier alpha value is -2.11. The first-order valence-corrected chi connectivity index (χ1v) is 6.79. The second kappa shape index (κ2) is 6.88. The lowest BCUT2D eigenvalue weighted by Gasteiger charge is -2.24. The minimum absolute atomic E-state index is 0.160. The average Bonchev–Trinajstić information content (AvgIpc) is 2.96. The highest BCUT2D eigenvalue weighted by Gasteiger charge is 2.33. The molecule has 0 bridgehead atoms. The molecule has 1 aromatic heterocycles. The first-order valence-electron chi connectivity index (χ1n) is 6.79. The number of nitrogens with zero attached hydrogens (tertiary/aromatic N) is 2. The molecular weight excluding hydrogens is 258 g/mol. The van der Waals surface area contributed by atoms with Gasteiger partial charge in [-0.25, -0.2) is 4.98 Å². The number of allylic oxidation sites excluding steroid dienone is 2. The molecule has 0 unspecified atom stereocenters. The number of imidazole rings is 1. The van der Waals surface area contributed by atoms with E-state index in [4.69, 9.17) is 5.11 Å². The van der Waals surface area contributed by atoms with Gasteiger partial charge in [-0.2, -0.15) is 0 Å². The lowest BCUT2D eigenvalue weighted by molar-refractivity contribution is -0.147. The van der Waals surface area contributed by atoms with E-state index in [9.17, 15) is 9.59 Å². The van der Waals surface area contributed by atoms with Crippen LogP contribution in [-0.4, -0.2) is 33.1 Å². The van der Waals surface area contributed by atoms with E-state index < -0.39 is 17.8 Å². The normalized spacial score (nSPS) is 21.6. The summed E-state index contributed by atoms with van der Waals surface area (Å²) in [4.78, 5) is 27.1. The summed E-state index contributed by atoms with van der Waals surface area (Å²) in [6.07, 6.45) is 10.8. The smallest absolute Gasteiger partial charge is 0.307 e. The number of amides is 1. The van der Waals surface area contributed by atoms with Crippen LogP contribution in [0.1, 0.15) is 19.3 Å². The molecule has 0 aromatic carbocycles. The fraction of sp³-hybridized carbons (Fsp3) is 0.500. The van der Waals surface area contributed by atoms with Gasteiger partial charge in [-0.15, -0.1) is 0 Å². The van der Waals surface area contributed by atoms with Crippen molar-refractivity contribution in [3.8, 4) is 0 Å². The molecule has 0 fully saturated rings. The molecule has 2 atom stereocenters. The second-order valence-corrected chi connectivity index (χ2v) is 4.94. The Kier molecular flexibility index (Phi) is 4.92. The molecule has 108 valence electrons. The van der Waals surface area contributed by atoms with Gasteiger partial charge in [0.15, 0.2) is 0 Å². The van der Waals surface area contributed by atoms with Crippen LogP contribution in [0.3, 0.4) is 0 Å². The van der Waals surface area contributed by atoms with Crippen LogP contribution in [0, 0.1) is 11.8 Å². The van der Waals surface area contributed by atoms with Gasteiger partial charge in [-0.3, -0.25) is 9.59 Å².